The van der Waals surface area contributed by atoms with Crippen LogP contribution in [0.3, 0.4) is 0 Å². The Balaban J connectivity index is 2.01. The molecule has 2 rings (SSSR count). The van der Waals surface area contributed by atoms with Crippen molar-refractivity contribution in [3.63, 3.8) is 0 Å². The van der Waals surface area contributed by atoms with E-state index in [1.807, 2.05) is 12.3 Å². The van der Waals surface area contributed by atoms with E-state index < -0.39 is 0 Å². The number of hydrogen-bond acceptors (Lipinski definition) is 3. The zero-order valence-corrected chi connectivity index (χ0v) is 13.3. The average molecular weight is 363 g/mol. The quantitative estimate of drug-likeness (QED) is 0.872. The summed E-state index contributed by atoms with van der Waals surface area (Å²) >= 11 is 6.95. The fourth-order valence-electron chi connectivity index (χ4n) is 2.13. The predicted octanol–water partition coefficient (Wildman–Crippen LogP) is 3.50. The Labute approximate surface area is 119 Å². The first kappa shape index (κ1) is 13.3. The van der Waals surface area contributed by atoms with Crippen molar-refractivity contribution in [2.45, 2.75) is 31.8 Å². The molecule has 0 amide bonds. The number of anilines is 1. The third-order valence-electron chi connectivity index (χ3n) is 3.36. The molecule has 2 heterocycles. The molecule has 94 valence electrons. The summed E-state index contributed by atoms with van der Waals surface area (Å²) in [6, 6.07) is 3.18. The summed E-state index contributed by atoms with van der Waals surface area (Å²) in [6.07, 6.45) is 4.16. The molecule has 0 aromatic carbocycles. The highest BCUT2D eigenvalue weighted by atomic mass is 79.9. The largest absolute Gasteiger partial charge is 0.366 e. The second kappa shape index (κ2) is 5.67. The van der Waals surface area contributed by atoms with E-state index in [0.717, 1.165) is 21.3 Å². The van der Waals surface area contributed by atoms with E-state index >= 15 is 0 Å². The van der Waals surface area contributed by atoms with Crippen LogP contribution in [0.4, 0.5) is 5.82 Å². The van der Waals surface area contributed by atoms with Crippen LogP contribution in [0.2, 0.25) is 0 Å². The van der Waals surface area contributed by atoms with Crippen LogP contribution in [0, 0.1) is 0 Å². The van der Waals surface area contributed by atoms with E-state index in [0.29, 0.717) is 12.1 Å². The maximum Gasteiger partial charge on any atom is 0.140 e. The lowest BCUT2D eigenvalue weighted by atomic mass is 9.99. The SMILES string of the molecule is CC1CC(Nc2ncc(Br)cc2Br)CCN1C. The number of nitrogens with one attached hydrogen (secondary N) is 1. The lowest BCUT2D eigenvalue weighted by Gasteiger charge is -2.35. The summed E-state index contributed by atoms with van der Waals surface area (Å²) in [5.41, 5.74) is 0. The van der Waals surface area contributed by atoms with Crippen molar-refractivity contribution in [2.24, 2.45) is 0 Å². The molecule has 1 aliphatic rings. The molecule has 1 saturated heterocycles. The van der Waals surface area contributed by atoms with Crippen LogP contribution in [0.5, 0.6) is 0 Å². The van der Waals surface area contributed by atoms with Gasteiger partial charge in [-0.25, -0.2) is 4.98 Å². The molecule has 0 bridgehead atoms. The number of piperidine rings is 1. The molecule has 2 unspecified atom stereocenters. The molecule has 2 atom stereocenters. The van der Waals surface area contributed by atoms with Gasteiger partial charge in [0.2, 0.25) is 0 Å². The standard InChI is InChI=1S/C12H17Br2N3/c1-8-5-10(3-4-17(8)2)16-12-11(14)6-9(13)7-15-12/h6-8,10H,3-5H2,1-2H3,(H,15,16). The van der Waals surface area contributed by atoms with Crippen molar-refractivity contribution in [3.8, 4) is 0 Å². The van der Waals surface area contributed by atoms with Gasteiger partial charge in [-0.3, -0.25) is 0 Å². The van der Waals surface area contributed by atoms with E-state index in [2.05, 4.69) is 61.0 Å². The van der Waals surface area contributed by atoms with Crippen molar-refractivity contribution >= 4 is 37.7 Å². The van der Waals surface area contributed by atoms with Gasteiger partial charge in [0.1, 0.15) is 5.82 Å². The van der Waals surface area contributed by atoms with Crippen molar-refractivity contribution in [1.82, 2.24) is 9.88 Å². The van der Waals surface area contributed by atoms with Gasteiger partial charge in [-0.15, -0.1) is 0 Å². The molecule has 5 heteroatoms. The molecule has 1 aromatic rings. The van der Waals surface area contributed by atoms with Gasteiger partial charge in [-0.2, -0.15) is 0 Å². The Morgan fingerprint density at radius 3 is 2.88 bits per heavy atom. The zero-order valence-electron chi connectivity index (χ0n) is 10.1. The van der Waals surface area contributed by atoms with Crippen molar-refractivity contribution in [2.75, 3.05) is 18.9 Å². The second-order valence-electron chi connectivity index (χ2n) is 4.68. The van der Waals surface area contributed by atoms with Crippen molar-refractivity contribution in [3.05, 3.63) is 21.2 Å². The van der Waals surface area contributed by atoms with E-state index in [1.54, 1.807) is 0 Å². The molecule has 1 aliphatic heterocycles. The number of rotatable bonds is 2. The van der Waals surface area contributed by atoms with E-state index in [9.17, 15) is 0 Å². The minimum atomic E-state index is 0.520. The Morgan fingerprint density at radius 2 is 2.24 bits per heavy atom. The Kier molecular flexibility index (Phi) is 4.44. The lowest BCUT2D eigenvalue weighted by Crippen LogP contribution is -2.42. The van der Waals surface area contributed by atoms with Crippen LogP contribution in [-0.4, -0.2) is 35.6 Å². The highest BCUT2D eigenvalue weighted by Crippen LogP contribution is 2.26. The van der Waals surface area contributed by atoms with Gasteiger partial charge >= 0.3 is 0 Å². The molecule has 0 saturated carbocycles. The highest BCUT2D eigenvalue weighted by molar-refractivity contribution is 9.11. The number of hydrogen-bond donors (Lipinski definition) is 1. The third-order valence-corrected chi connectivity index (χ3v) is 4.40. The lowest BCUT2D eigenvalue weighted by molar-refractivity contribution is 0.190. The first-order chi connectivity index (χ1) is 8.06. The van der Waals surface area contributed by atoms with Crippen LogP contribution < -0.4 is 5.32 Å². The average Bonchev–Trinajstić information content (AvgIpc) is 2.27. The van der Waals surface area contributed by atoms with Crippen molar-refractivity contribution < 1.29 is 0 Å². The first-order valence-electron chi connectivity index (χ1n) is 5.84. The third kappa shape index (κ3) is 3.42. The molecule has 1 N–H and O–H groups in total. The molecule has 1 aromatic heterocycles. The summed E-state index contributed by atoms with van der Waals surface area (Å²) < 4.78 is 2.00. The van der Waals surface area contributed by atoms with Gasteiger partial charge in [0.05, 0.1) is 4.47 Å². The predicted molar refractivity (Wildman–Crippen MR) is 78.4 cm³/mol. The minimum absolute atomic E-state index is 0.520. The number of pyridine rings is 1. The number of likely N-dealkylation sites (tertiary alicyclic amines) is 1. The summed E-state index contributed by atoms with van der Waals surface area (Å²) in [7, 11) is 2.19. The Morgan fingerprint density at radius 1 is 1.47 bits per heavy atom. The monoisotopic (exact) mass is 361 g/mol. The Bertz CT molecular complexity index is 397. The summed E-state index contributed by atoms with van der Waals surface area (Å²) in [5, 5.41) is 3.52. The molecule has 3 nitrogen and oxygen atoms in total. The van der Waals surface area contributed by atoms with Crippen LogP contribution in [-0.2, 0) is 0 Å². The first-order valence-corrected chi connectivity index (χ1v) is 7.42. The maximum absolute atomic E-state index is 4.40. The summed E-state index contributed by atoms with van der Waals surface area (Å²) in [6.45, 7) is 3.42. The smallest absolute Gasteiger partial charge is 0.140 e. The second-order valence-corrected chi connectivity index (χ2v) is 6.45. The van der Waals surface area contributed by atoms with Gasteiger partial charge in [-0.1, -0.05) is 0 Å². The van der Waals surface area contributed by atoms with Crippen LogP contribution in [0.15, 0.2) is 21.2 Å². The molecule has 1 fully saturated rings. The maximum atomic E-state index is 4.40. The molecule has 0 aliphatic carbocycles. The summed E-state index contributed by atoms with van der Waals surface area (Å²) in [4.78, 5) is 6.80. The van der Waals surface area contributed by atoms with Gasteiger partial charge < -0.3 is 10.2 Å². The number of nitrogens with zero attached hydrogens (tertiary/aromatic N) is 2. The Hall–Kier alpha value is -0.130. The normalized spacial score (nSPS) is 25.9. The molecular weight excluding hydrogens is 346 g/mol. The highest BCUT2D eigenvalue weighted by Gasteiger charge is 2.23. The molecule has 0 radical (unpaired) electrons. The minimum Gasteiger partial charge on any atom is -0.366 e. The summed E-state index contributed by atoms with van der Waals surface area (Å²) in [5.74, 6) is 0.940. The molecule has 0 spiro atoms. The fourth-order valence-corrected chi connectivity index (χ4v) is 3.24. The van der Waals surface area contributed by atoms with E-state index in [-0.39, 0.29) is 0 Å². The molecular formula is C12H17Br2N3. The van der Waals surface area contributed by atoms with Gasteiger partial charge in [0.15, 0.2) is 0 Å². The number of halogens is 2. The van der Waals surface area contributed by atoms with Crippen LogP contribution in [0.25, 0.3) is 0 Å². The van der Waals surface area contributed by atoms with Gasteiger partial charge in [0.25, 0.3) is 0 Å². The van der Waals surface area contributed by atoms with E-state index in [1.165, 1.54) is 12.8 Å². The number of aromatic nitrogens is 1. The van der Waals surface area contributed by atoms with Gasteiger partial charge in [0, 0.05) is 29.3 Å². The molecule has 17 heavy (non-hydrogen) atoms. The fraction of sp³-hybridized carbons (Fsp3) is 0.583. The van der Waals surface area contributed by atoms with Crippen LogP contribution >= 0.6 is 31.9 Å². The van der Waals surface area contributed by atoms with E-state index in [4.69, 9.17) is 0 Å². The topological polar surface area (TPSA) is 28.2 Å². The van der Waals surface area contributed by atoms with Crippen LogP contribution in [0.1, 0.15) is 19.8 Å². The van der Waals surface area contributed by atoms with Crippen molar-refractivity contribution in [1.29, 1.82) is 0 Å². The zero-order chi connectivity index (χ0) is 12.4. The van der Waals surface area contributed by atoms with Gasteiger partial charge in [-0.05, 0) is 64.7 Å².